The minimum atomic E-state index is -1.42. The molecule has 1 aliphatic heterocycles. The summed E-state index contributed by atoms with van der Waals surface area (Å²) < 4.78 is 9.96. The van der Waals surface area contributed by atoms with Gasteiger partial charge in [0.15, 0.2) is 17.5 Å². The summed E-state index contributed by atoms with van der Waals surface area (Å²) in [5.74, 6) is -2.63. The molecule has 1 heterocycles. The van der Waals surface area contributed by atoms with Gasteiger partial charge in [-0.15, -0.1) is 0 Å². The molecule has 21 heavy (non-hydrogen) atoms. The van der Waals surface area contributed by atoms with Crippen molar-refractivity contribution >= 4 is 23.6 Å². The first-order valence-corrected chi connectivity index (χ1v) is 6.31. The average molecular weight is 286 g/mol. The highest BCUT2D eigenvalue weighted by atomic mass is 16.5. The molecule has 0 saturated carbocycles. The molecule has 0 aliphatic carbocycles. The van der Waals surface area contributed by atoms with Crippen molar-refractivity contribution in [3.63, 3.8) is 0 Å². The lowest BCUT2D eigenvalue weighted by molar-refractivity contribution is -0.151. The van der Waals surface area contributed by atoms with E-state index in [4.69, 9.17) is 9.47 Å². The Balaban J connectivity index is 2.20. The summed E-state index contributed by atoms with van der Waals surface area (Å²) in [7, 11) is 1.52. The van der Waals surface area contributed by atoms with Gasteiger partial charge in [0.1, 0.15) is 11.5 Å². The molecular formula is C16H14O5. The number of hydrogen-bond donors (Lipinski definition) is 0. The molecule has 2 rings (SSSR count). The monoisotopic (exact) mass is 286 g/mol. The Hall–Kier alpha value is -2.69. The van der Waals surface area contributed by atoms with Crippen LogP contribution in [0.25, 0.3) is 6.08 Å². The Kier molecular flexibility index (Phi) is 4.33. The van der Waals surface area contributed by atoms with Crippen molar-refractivity contribution in [2.24, 2.45) is 5.92 Å². The van der Waals surface area contributed by atoms with Crippen LogP contribution in [0.5, 0.6) is 5.75 Å². The van der Waals surface area contributed by atoms with E-state index < -0.39 is 23.5 Å². The second-order valence-electron chi connectivity index (χ2n) is 4.49. The Bertz CT molecular complexity index is 654. The van der Waals surface area contributed by atoms with Gasteiger partial charge in [0, 0.05) is 11.6 Å². The van der Waals surface area contributed by atoms with Crippen molar-refractivity contribution in [3.05, 3.63) is 47.7 Å². The van der Waals surface area contributed by atoms with Crippen molar-refractivity contribution in [1.29, 1.82) is 0 Å². The maximum atomic E-state index is 12.0. The Morgan fingerprint density at radius 1 is 1.29 bits per heavy atom. The van der Waals surface area contributed by atoms with Gasteiger partial charge in [0.05, 0.1) is 7.11 Å². The molecule has 0 aromatic heterocycles. The SMILES string of the molecule is COc1ccccc1/C=C/C(=O)C1C(=O)C=C(C)OC1=O. The number of cyclic esters (lactones) is 1. The molecule has 108 valence electrons. The van der Waals surface area contributed by atoms with Crippen LogP contribution in [0.15, 0.2) is 42.2 Å². The zero-order chi connectivity index (χ0) is 15.4. The maximum Gasteiger partial charge on any atom is 0.329 e. The molecule has 1 atom stereocenters. The number of carbonyl (C=O) groups excluding carboxylic acids is 3. The fourth-order valence-corrected chi connectivity index (χ4v) is 1.98. The van der Waals surface area contributed by atoms with Gasteiger partial charge in [0.2, 0.25) is 0 Å². The van der Waals surface area contributed by atoms with E-state index in [9.17, 15) is 14.4 Å². The van der Waals surface area contributed by atoms with Gasteiger partial charge in [-0.2, -0.15) is 0 Å². The lowest BCUT2D eigenvalue weighted by Crippen LogP contribution is -2.34. The van der Waals surface area contributed by atoms with Gasteiger partial charge in [-0.25, -0.2) is 0 Å². The highest BCUT2D eigenvalue weighted by molar-refractivity contribution is 6.25. The van der Waals surface area contributed by atoms with Gasteiger partial charge >= 0.3 is 5.97 Å². The van der Waals surface area contributed by atoms with E-state index in [1.54, 1.807) is 24.3 Å². The second kappa shape index (κ2) is 6.17. The summed E-state index contributed by atoms with van der Waals surface area (Å²) in [6, 6.07) is 7.09. The third-order valence-corrected chi connectivity index (χ3v) is 2.98. The summed E-state index contributed by atoms with van der Waals surface area (Å²) >= 11 is 0. The fourth-order valence-electron chi connectivity index (χ4n) is 1.98. The summed E-state index contributed by atoms with van der Waals surface area (Å²) in [6.45, 7) is 1.49. The van der Waals surface area contributed by atoms with Crippen molar-refractivity contribution in [2.45, 2.75) is 6.92 Å². The van der Waals surface area contributed by atoms with E-state index >= 15 is 0 Å². The van der Waals surface area contributed by atoms with Crippen LogP contribution in [0.1, 0.15) is 12.5 Å². The molecule has 0 fully saturated rings. The Labute approximate surface area is 121 Å². The minimum absolute atomic E-state index is 0.197. The molecular weight excluding hydrogens is 272 g/mol. The first kappa shape index (κ1) is 14.7. The smallest absolute Gasteiger partial charge is 0.329 e. The highest BCUT2D eigenvalue weighted by Crippen LogP contribution is 2.20. The molecule has 0 N–H and O–H groups in total. The Morgan fingerprint density at radius 2 is 2.00 bits per heavy atom. The second-order valence-corrected chi connectivity index (χ2v) is 4.49. The number of rotatable bonds is 4. The van der Waals surface area contributed by atoms with E-state index in [0.29, 0.717) is 11.3 Å². The number of para-hydroxylation sites is 1. The third kappa shape index (κ3) is 3.25. The van der Waals surface area contributed by atoms with Crippen LogP contribution >= 0.6 is 0 Å². The van der Waals surface area contributed by atoms with Gasteiger partial charge < -0.3 is 9.47 Å². The molecule has 0 radical (unpaired) electrons. The summed E-state index contributed by atoms with van der Waals surface area (Å²) in [5, 5.41) is 0. The maximum absolute atomic E-state index is 12.0. The molecule has 1 unspecified atom stereocenters. The summed E-state index contributed by atoms with van der Waals surface area (Å²) in [4.78, 5) is 35.4. The van der Waals surface area contributed by atoms with Gasteiger partial charge in [-0.05, 0) is 25.1 Å². The quantitative estimate of drug-likeness (QED) is 0.480. The largest absolute Gasteiger partial charge is 0.496 e. The normalized spacial score (nSPS) is 18.4. The van der Waals surface area contributed by atoms with Gasteiger partial charge in [0.25, 0.3) is 0 Å². The molecule has 0 bridgehead atoms. The van der Waals surface area contributed by atoms with E-state index in [1.165, 1.54) is 26.2 Å². The van der Waals surface area contributed by atoms with Crippen LogP contribution < -0.4 is 4.74 Å². The highest BCUT2D eigenvalue weighted by Gasteiger charge is 2.36. The molecule has 1 aromatic carbocycles. The van der Waals surface area contributed by atoms with Crippen molar-refractivity contribution < 1.29 is 23.9 Å². The number of allylic oxidation sites excluding steroid dienone is 3. The van der Waals surface area contributed by atoms with Crippen LogP contribution in [0.2, 0.25) is 0 Å². The van der Waals surface area contributed by atoms with E-state index in [0.717, 1.165) is 6.08 Å². The number of esters is 1. The number of methoxy groups -OCH3 is 1. The molecule has 5 nitrogen and oxygen atoms in total. The van der Waals surface area contributed by atoms with E-state index in [1.807, 2.05) is 0 Å². The molecule has 1 aliphatic rings. The summed E-state index contributed by atoms with van der Waals surface area (Å²) in [5.41, 5.74) is 0.677. The molecule has 0 saturated heterocycles. The predicted molar refractivity (Wildman–Crippen MR) is 75.4 cm³/mol. The lowest BCUT2D eigenvalue weighted by Gasteiger charge is -2.15. The van der Waals surface area contributed by atoms with E-state index in [2.05, 4.69) is 0 Å². The van der Waals surface area contributed by atoms with E-state index in [-0.39, 0.29) is 5.76 Å². The first-order chi connectivity index (χ1) is 10.0. The predicted octanol–water partition coefficient (Wildman–Crippen LogP) is 1.92. The molecule has 0 spiro atoms. The number of benzene rings is 1. The van der Waals surface area contributed by atoms with Crippen LogP contribution in [0.4, 0.5) is 0 Å². The van der Waals surface area contributed by atoms with Crippen LogP contribution in [-0.4, -0.2) is 24.6 Å². The molecule has 0 amide bonds. The minimum Gasteiger partial charge on any atom is -0.496 e. The number of carbonyl (C=O) groups is 3. The zero-order valence-electron chi connectivity index (χ0n) is 11.7. The molecule has 1 aromatic rings. The fraction of sp³-hybridized carbons (Fsp3) is 0.188. The Morgan fingerprint density at radius 3 is 2.67 bits per heavy atom. The van der Waals surface area contributed by atoms with Gasteiger partial charge in [-0.1, -0.05) is 18.2 Å². The van der Waals surface area contributed by atoms with Crippen molar-refractivity contribution in [3.8, 4) is 5.75 Å². The standard InChI is InChI=1S/C16H14O5/c1-10-9-13(18)15(16(19)21-10)12(17)8-7-11-5-3-4-6-14(11)20-2/h3-9,15H,1-2H3/b8-7+. The molecule has 5 heteroatoms. The average Bonchev–Trinajstić information content (AvgIpc) is 2.44. The third-order valence-electron chi connectivity index (χ3n) is 2.98. The van der Waals surface area contributed by atoms with Crippen LogP contribution in [-0.2, 0) is 19.1 Å². The van der Waals surface area contributed by atoms with Crippen molar-refractivity contribution in [1.82, 2.24) is 0 Å². The van der Waals surface area contributed by atoms with Gasteiger partial charge in [-0.3, -0.25) is 14.4 Å². The number of hydrogen-bond acceptors (Lipinski definition) is 5. The van der Waals surface area contributed by atoms with Crippen molar-refractivity contribution in [2.75, 3.05) is 7.11 Å². The zero-order valence-corrected chi connectivity index (χ0v) is 11.7. The summed E-state index contributed by atoms with van der Waals surface area (Å²) in [6.07, 6.45) is 3.85. The number of ketones is 2. The van der Waals surface area contributed by atoms with Crippen LogP contribution in [0.3, 0.4) is 0 Å². The topological polar surface area (TPSA) is 69.7 Å². The van der Waals surface area contributed by atoms with Crippen LogP contribution in [0, 0.1) is 5.92 Å². The number of ether oxygens (including phenoxy) is 2. The first-order valence-electron chi connectivity index (χ1n) is 6.31. The lowest BCUT2D eigenvalue weighted by atomic mass is 9.96.